The van der Waals surface area contributed by atoms with Crippen molar-refractivity contribution in [3.05, 3.63) is 35.5 Å². The first-order valence-electron chi connectivity index (χ1n) is 7.01. The summed E-state index contributed by atoms with van der Waals surface area (Å²) in [5, 5.41) is 11.0. The van der Waals surface area contributed by atoms with Crippen LogP contribution in [0.4, 0.5) is 10.3 Å². The number of thioether (sulfide) groups is 1. The minimum Gasteiger partial charge on any atom is -0.368 e. The summed E-state index contributed by atoms with van der Waals surface area (Å²) in [5.41, 5.74) is 6.64. The summed E-state index contributed by atoms with van der Waals surface area (Å²) in [5.74, 6) is 1.74. The van der Waals surface area contributed by atoms with E-state index < -0.39 is 0 Å². The summed E-state index contributed by atoms with van der Waals surface area (Å²) in [4.78, 5) is 8.29. The van der Waals surface area contributed by atoms with Crippen LogP contribution in [0.5, 0.6) is 0 Å². The molecule has 1 aromatic carbocycles. The van der Waals surface area contributed by atoms with Crippen LogP contribution in [0.25, 0.3) is 11.4 Å². The number of aromatic nitrogens is 5. The molecule has 0 amide bonds. The number of H-pyrrole nitrogens is 1. The van der Waals surface area contributed by atoms with E-state index in [0.717, 1.165) is 12.2 Å². The Morgan fingerprint density at radius 2 is 2.22 bits per heavy atom. The molecule has 2 heterocycles. The van der Waals surface area contributed by atoms with E-state index in [4.69, 9.17) is 10.3 Å². The number of benzene rings is 1. The molecule has 0 aliphatic rings. The number of nitrogens with zero attached hydrogens (tertiary/aromatic N) is 4. The van der Waals surface area contributed by atoms with Crippen LogP contribution in [-0.4, -0.2) is 31.1 Å². The molecule has 7 nitrogen and oxygen atoms in total. The van der Waals surface area contributed by atoms with Gasteiger partial charge in [-0.3, -0.25) is 0 Å². The van der Waals surface area contributed by atoms with Gasteiger partial charge in [-0.1, -0.05) is 29.1 Å². The van der Waals surface area contributed by atoms with Gasteiger partial charge in [-0.05, 0) is 25.0 Å². The second-order valence-corrected chi connectivity index (χ2v) is 5.99. The number of anilines is 1. The lowest BCUT2D eigenvalue weighted by Gasteiger charge is -1.97. The Morgan fingerprint density at radius 1 is 1.35 bits per heavy atom. The van der Waals surface area contributed by atoms with E-state index in [9.17, 15) is 4.39 Å². The van der Waals surface area contributed by atoms with Crippen LogP contribution in [0.3, 0.4) is 0 Å². The molecule has 0 aliphatic carbocycles. The van der Waals surface area contributed by atoms with Gasteiger partial charge in [0.2, 0.25) is 22.8 Å². The van der Waals surface area contributed by atoms with Gasteiger partial charge in [0.05, 0.1) is 0 Å². The van der Waals surface area contributed by atoms with Crippen molar-refractivity contribution in [1.82, 2.24) is 25.3 Å². The van der Waals surface area contributed by atoms with Gasteiger partial charge in [0.25, 0.3) is 0 Å². The molecule has 0 aliphatic heterocycles. The first-order chi connectivity index (χ1) is 11.1. The van der Waals surface area contributed by atoms with Crippen molar-refractivity contribution in [3.63, 3.8) is 0 Å². The van der Waals surface area contributed by atoms with Crippen molar-refractivity contribution >= 4 is 17.7 Å². The minimum atomic E-state index is -0.281. The summed E-state index contributed by atoms with van der Waals surface area (Å²) in [6.45, 7) is 1.71. The number of hydrogen-bond acceptors (Lipinski definition) is 7. The number of aromatic amines is 1. The highest BCUT2D eigenvalue weighted by Gasteiger charge is 2.10. The zero-order chi connectivity index (χ0) is 16.2. The molecular formula is C14H15FN6OS. The molecule has 0 bridgehead atoms. The number of nitrogens with two attached hydrogens (primary N) is 1. The van der Waals surface area contributed by atoms with E-state index in [1.807, 2.05) is 0 Å². The second kappa shape index (κ2) is 6.78. The molecule has 3 rings (SSSR count). The summed E-state index contributed by atoms with van der Waals surface area (Å²) >= 11 is 1.49. The van der Waals surface area contributed by atoms with Crippen molar-refractivity contribution in [2.45, 2.75) is 24.9 Å². The molecule has 9 heteroatoms. The van der Waals surface area contributed by atoms with Crippen molar-refractivity contribution in [2.24, 2.45) is 0 Å². The van der Waals surface area contributed by atoms with Crippen molar-refractivity contribution in [3.8, 4) is 11.4 Å². The average molecular weight is 334 g/mol. The molecule has 120 valence electrons. The van der Waals surface area contributed by atoms with E-state index in [-0.39, 0.29) is 5.82 Å². The Hall–Kier alpha value is -2.42. The zero-order valence-corrected chi connectivity index (χ0v) is 13.2. The van der Waals surface area contributed by atoms with Crippen LogP contribution in [0.2, 0.25) is 0 Å². The quantitative estimate of drug-likeness (QED) is 0.527. The van der Waals surface area contributed by atoms with Crippen molar-refractivity contribution in [1.29, 1.82) is 0 Å². The van der Waals surface area contributed by atoms with E-state index in [1.54, 1.807) is 19.1 Å². The molecule has 0 atom stereocenters. The van der Waals surface area contributed by atoms with Gasteiger partial charge in [0, 0.05) is 17.7 Å². The predicted octanol–water partition coefficient (Wildman–Crippen LogP) is 2.61. The highest BCUT2D eigenvalue weighted by molar-refractivity contribution is 7.99. The summed E-state index contributed by atoms with van der Waals surface area (Å²) in [6.07, 6.45) is 1.46. The third kappa shape index (κ3) is 3.86. The number of nitrogen functional groups attached to an aromatic ring is 1. The standard InChI is InChI=1S/C14H15FN6OS/c1-8-4-5-9(7-10(8)15)12-17-11(22-21-12)3-2-6-23-14-18-13(16)19-20-14/h4-5,7H,2-3,6H2,1H3,(H3,16,18,19,20). The van der Waals surface area contributed by atoms with Crippen molar-refractivity contribution in [2.75, 3.05) is 11.5 Å². The Labute approximate surface area is 135 Å². The van der Waals surface area contributed by atoms with Gasteiger partial charge < -0.3 is 10.3 Å². The lowest BCUT2D eigenvalue weighted by Crippen LogP contribution is -1.90. The van der Waals surface area contributed by atoms with Crippen LogP contribution in [0.15, 0.2) is 27.9 Å². The Morgan fingerprint density at radius 3 is 2.96 bits per heavy atom. The number of hydrogen-bond donors (Lipinski definition) is 2. The topological polar surface area (TPSA) is 107 Å². The molecule has 23 heavy (non-hydrogen) atoms. The van der Waals surface area contributed by atoms with E-state index in [2.05, 4.69) is 25.3 Å². The van der Waals surface area contributed by atoms with Crippen LogP contribution in [-0.2, 0) is 6.42 Å². The maximum Gasteiger partial charge on any atom is 0.226 e. The fraction of sp³-hybridized carbons (Fsp3) is 0.286. The monoisotopic (exact) mass is 334 g/mol. The molecule has 0 saturated heterocycles. The van der Waals surface area contributed by atoms with Gasteiger partial charge in [0.1, 0.15) is 5.82 Å². The summed E-state index contributed by atoms with van der Waals surface area (Å²) in [6, 6.07) is 4.88. The van der Waals surface area contributed by atoms with Gasteiger partial charge in [-0.15, -0.1) is 5.10 Å². The van der Waals surface area contributed by atoms with Crippen LogP contribution in [0.1, 0.15) is 17.9 Å². The third-order valence-corrected chi connectivity index (χ3v) is 4.08. The third-order valence-electron chi connectivity index (χ3n) is 3.15. The number of aryl methyl sites for hydroxylation is 2. The fourth-order valence-electron chi connectivity index (χ4n) is 1.92. The lowest BCUT2D eigenvalue weighted by molar-refractivity contribution is 0.378. The summed E-state index contributed by atoms with van der Waals surface area (Å²) < 4.78 is 18.8. The molecule has 0 fully saturated rings. The Bertz CT molecular complexity index is 802. The largest absolute Gasteiger partial charge is 0.368 e. The average Bonchev–Trinajstić information content (AvgIpc) is 3.16. The molecule has 0 unspecified atom stereocenters. The summed E-state index contributed by atoms with van der Waals surface area (Å²) in [7, 11) is 0. The van der Waals surface area contributed by atoms with Gasteiger partial charge in [0.15, 0.2) is 0 Å². The van der Waals surface area contributed by atoms with Gasteiger partial charge in [-0.2, -0.15) is 9.97 Å². The van der Waals surface area contributed by atoms with E-state index >= 15 is 0 Å². The number of halogens is 1. The minimum absolute atomic E-state index is 0.281. The van der Waals surface area contributed by atoms with E-state index in [0.29, 0.717) is 40.4 Å². The first-order valence-corrected chi connectivity index (χ1v) is 8.00. The molecule has 0 spiro atoms. The van der Waals surface area contributed by atoms with E-state index in [1.165, 1.54) is 17.8 Å². The van der Waals surface area contributed by atoms with Gasteiger partial charge >= 0.3 is 0 Å². The highest BCUT2D eigenvalue weighted by Crippen LogP contribution is 2.20. The maximum absolute atomic E-state index is 13.6. The lowest BCUT2D eigenvalue weighted by atomic mass is 10.1. The SMILES string of the molecule is Cc1ccc(-c2noc(CCCSc3n[nH]c(N)n3)n2)cc1F. The zero-order valence-electron chi connectivity index (χ0n) is 12.4. The van der Waals surface area contributed by atoms with Crippen LogP contribution in [0, 0.1) is 12.7 Å². The maximum atomic E-state index is 13.6. The molecular weight excluding hydrogens is 319 g/mol. The predicted molar refractivity (Wildman–Crippen MR) is 84.3 cm³/mol. The second-order valence-electron chi connectivity index (χ2n) is 4.93. The molecule has 3 N–H and O–H groups in total. The first kappa shape index (κ1) is 15.5. The Balaban J connectivity index is 1.53. The molecule has 0 saturated carbocycles. The van der Waals surface area contributed by atoms with Crippen LogP contribution >= 0.6 is 11.8 Å². The number of nitrogens with one attached hydrogen (secondary N) is 1. The fourth-order valence-corrected chi connectivity index (χ4v) is 2.66. The Kier molecular flexibility index (Phi) is 4.56. The number of rotatable bonds is 6. The highest BCUT2D eigenvalue weighted by atomic mass is 32.2. The van der Waals surface area contributed by atoms with Gasteiger partial charge in [-0.25, -0.2) is 9.49 Å². The molecule has 0 radical (unpaired) electrons. The molecule has 3 aromatic rings. The van der Waals surface area contributed by atoms with Crippen molar-refractivity contribution < 1.29 is 8.91 Å². The normalized spacial score (nSPS) is 11.0. The smallest absolute Gasteiger partial charge is 0.226 e. The van der Waals surface area contributed by atoms with Crippen LogP contribution < -0.4 is 5.73 Å². The molecule has 2 aromatic heterocycles.